The van der Waals surface area contributed by atoms with Crippen molar-refractivity contribution in [1.82, 2.24) is 9.13 Å². The van der Waals surface area contributed by atoms with Crippen LogP contribution < -0.4 is 17.0 Å². The number of halogens is 1. The van der Waals surface area contributed by atoms with Gasteiger partial charge < -0.3 is 5.73 Å². The van der Waals surface area contributed by atoms with E-state index in [1.54, 1.807) is 6.07 Å². The molecule has 2 rings (SSSR count). The molecule has 0 aromatic carbocycles. The van der Waals surface area contributed by atoms with Crippen LogP contribution in [0.1, 0.15) is 11.3 Å². The minimum Gasteiger partial charge on any atom is -0.330 e. The second kappa shape index (κ2) is 6.18. The first kappa shape index (κ1) is 14.0. The molecule has 0 aliphatic rings. The van der Waals surface area contributed by atoms with Crippen LogP contribution in [-0.4, -0.2) is 15.7 Å². The molecule has 2 N–H and O–H groups in total. The fourth-order valence-corrected chi connectivity index (χ4v) is 2.82. The predicted molar refractivity (Wildman–Crippen MR) is 77.1 cm³/mol. The SMILES string of the molecule is NCCCn1c(=O)ccn(Cc2ccc(Cl)s2)c1=O. The standard InChI is InChI=1S/C12H14ClN3O2S/c13-10-3-2-9(19-10)8-15-7-4-11(17)16(12(15)18)6-1-5-14/h2-4,7H,1,5-6,8,14H2. The van der Waals surface area contributed by atoms with Crippen LogP contribution in [0, 0.1) is 0 Å². The quantitative estimate of drug-likeness (QED) is 0.899. The number of aromatic nitrogens is 2. The third kappa shape index (κ3) is 3.34. The van der Waals surface area contributed by atoms with Gasteiger partial charge in [0.25, 0.3) is 5.56 Å². The van der Waals surface area contributed by atoms with Crippen LogP contribution in [0.2, 0.25) is 4.34 Å². The fraction of sp³-hybridized carbons (Fsp3) is 0.333. The molecular formula is C12H14ClN3O2S. The summed E-state index contributed by atoms with van der Waals surface area (Å²) in [6.45, 7) is 1.21. The molecular weight excluding hydrogens is 286 g/mol. The summed E-state index contributed by atoms with van der Waals surface area (Å²) in [6.07, 6.45) is 2.11. The summed E-state index contributed by atoms with van der Waals surface area (Å²) in [7, 11) is 0. The Morgan fingerprint density at radius 1 is 1.26 bits per heavy atom. The minimum absolute atomic E-state index is 0.293. The lowest BCUT2D eigenvalue weighted by atomic mass is 10.4. The average Bonchev–Trinajstić information content (AvgIpc) is 2.78. The van der Waals surface area contributed by atoms with Crippen molar-refractivity contribution in [2.75, 3.05) is 6.54 Å². The van der Waals surface area contributed by atoms with Gasteiger partial charge in [-0.1, -0.05) is 11.6 Å². The second-order valence-corrected chi connectivity index (χ2v) is 5.86. The molecule has 2 aromatic heterocycles. The maximum absolute atomic E-state index is 12.2. The van der Waals surface area contributed by atoms with E-state index in [1.165, 1.54) is 32.7 Å². The van der Waals surface area contributed by atoms with E-state index in [4.69, 9.17) is 17.3 Å². The minimum atomic E-state index is -0.314. The molecule has 0 amide bonds. The van der Waals surface area contributed by atoms with Gasteiger partial charge in [0.1, 0.15) is 0 Å². The third-order valence-electron chi connectivity index (χ3n) is 2.68. The molecule has 0 atom stereocenters. The summed E-state index contributed by atoms with van der Waals surface area (Å²) in [4.78, 5) is 24.8. The molecule has 0 aliphatic carbocycles. The largest absolute Gasteiger partial charge is 0.331 e. The molecule has 0 bridgehead atoms. The lowest BCUT2D eigenvalue weighted by Gasteiger charge is -2.08. The molecule has 0 aliphatic heterocycles. The van der Waals surface area contributed by atoms with E-state index in [-0.39, 0.29) is 11.2 Å². The smallest absolute Gasteiger partial charge is 0.330 e. The van der Waals surface area contributed by atoms with Crippen LogP contribution in [0.25, 0.3) is 0 Å². The molecule has 0 unspecified atom stereocenters. The van der Waals surface area contributed by atoms with E-state index in [1.807, 2.05) is 6.07 Å². The van der Waals surface area contributed by atoms with Crippen molar-refractivity contribution in [3.05, 3.63) is 54.4 Å². The second-order valence-electron chi connectivity index (χ2n) is 4.06. The first-order valence-electron chi connectivity index (χ1n) is 5.86. The first-order valence-corrected chi connectivity index (χ1v) is 7.06. The molecule has 7 heteroatoms. The van der Waals surface area contributed by atoms with Crippen molar-refractivity contribution in [3.8, 4) is 0 Å². The molecule has 0 fully saturated rings. The van der Waals surface area contributed by atoms with Crippen molar-refractivity contribution in [3.63, 3.8) is 0 Å². The molecule has 5 nitrogen and oxygen atoms in total. The maximum Gasteiger partial charge on any atom is 0.331 e. The molecule has 0 saturated heterocycles. The normalized spacial score (nSPS) is 10.8. The summed E-state index contributed by atoms with van der Waals surface area (Å²) in [5, 5.41) is 0. The van der Waals surface area contributed by atoms with Crippen molar-refractivity contribution in [2.45, 2.75) is 19.5 Å². The van der Waals surface area contributed by atoms with E-state index < -0.39 is 0 Å². The van der Waals surface area contributed by atoms with Crippen LogP contribution >= 0.6 is 22.9 Å². The Morgan fingerprint density at radius 3 is 2.68 bits per heavy atom. The summed E-state index contributed by atoms with van der Waals surface area (Å²) in [5.74, 6) is 0. The van der Waals surface area contributed by atoms with E-state index in [2.05, 4.69) is 0 Å². The van der Waals surface area contributed by atoms with Crippen molar-refractivity contribution in [2.24, 2.45) is 5.73 Å². The summed E-state index contributed by atoms with van der Waals surface area (Å²) < 4.78 is 3.39. The third-order valence-corrected chi connectivity index (χ3v) is 3.90. The van der Waals surface area contributed by atoms with Crippen molar-refractivity contribution in [1.29, 1.82) is 0 Å². The zero-order chi connectivity index (χ0) is 13.8. The number of hydrogen-bond donors (Lipinski definition) is 1. The predicted octanol–water partition coefficient (Wildman–Crippen LogP) is 1.12. The Balaban J connectivity index is 2.31. The van der Waals surface area contributed by atoms with Gasteiger partial charge in [-0.2, -0.15) is 0 Å². The van der Waals surface area contributed by atoms with Gasteiger partial charge in [0, 0.05) is 23.7 Å². The summed E-state index contributed by atoms with van der Waals surface area (Å²) >= 11 is 7.27. The molecule has 0 radical (unpaired) electrons. The average molecular weight is 300 g/mol. The van der Waals surface area contributed by atoms with Gasteiger partial charge in [0.2, 0.25) is 0 Å². The number of hydrogen-bond acceptors (Lipinski definition) is 4. The number of thiophene rings is 1. The van der Waals surface area contributed by atoms with Gasteiger partial charge in [-0.05, 0) is 25.1 Å². The Hall–Kier alpha value is -1.37. The number of nitrogens with two attached hydrogens (primary N) is 1. The van der Waals surface area contributed by atoms with Gasteiger partial charge in [-0.3, -0.25) is 13.9 Å². The van der Waals surface area contributed by atoms with Crippen LogP contribution in [-0.2, 0) is 13.1 Å². The van der Waals surface area contributed by atoms with Crippen LogP contribution in [0.15, 0.2) is 34.0 Å². The van der Waals surface area contributed by atoms with Gasteiger partial charge in [0.15, 0.2) is 0 Å². The van der Waals surface area contributed by atoms with Crippen LogP contribution in [0.5, 0.6) is 0 Å². The topological polar surface area (TPSA) is 70.0 Å². The van der Waals surface area contributed by atoms with Gasteiger partial charge in [-0.15, -0.1) is 11.3 Å². The molecule has 0 saturated carbocycles. The van der Waals surface area contributed by atoms with Crippen molar-refractivity contribution >= 4 is 22.9 Å². The van der Waals surface area contributed by atoms with E-state index in [0.717, 1.165) is 4.88 Å². The Morgan fingerprint density at radius 2 is 2.05 bits per heavy atom. The highest BCUT2D eigenvalue weighted by Gasteiger charge is 2.06. The summed E-state index contributed by atoms with van der Waals surface area (Å²) in [5.41, 5.74) is 4.80. The monoisotopic (exact) mass is 299 g/mol. The lowest BCUT2D eigenvalue weighted by molar-refractivity contribution is 0.556. The van der Waals surface area contributed by atoms with Gasteiger partial charge >= 0.3 is 5.69 Å². The van der Waals surface area contributed by atoms with E-state index in [9.17, 15) is 9.59 Å². The van der Waals surface area contributed by atoms with Crippen LogP contribution in [0.3, 0.4) is 0 Å². The molecule has 2 aromatic rings. The van der Waals surface area contributed by atoms with E-state index >= 15 is 0 Å². The number of rotatable bonds is 5. The zero-order valence-corrected chi connectivity index (χ0v) is 11.8. The Labute approximate surface area is 118 Å². The highest BCUT2D eigenvalue weighted by atomic mass is 35.5. The number of nitrogens with zero attached hydrogens (tertiary/aromatic N) is 2. The first-order chi connectivity index (χ1) is 9.11. The highest BCUT2D eigenvalue weighted by Crippen LogP contribution is 2.21. The molecule has 2 heterocycles. The molecule has 102 valence electrons. The Bertz CT molecular complexity index is 674. The summed E-state index contributed by atoms with van der Waals surface area (Å²) in [6, 6.07) is 5.05. The Kier molecular flexibility index (Phi) is 4.57. The van der Waals surface area contributed by atoms with Crippen molar-refractivity contribution < 1.29 is 0 Å². The molecule has 0 spiro atoms. The van der Waals surface area contributed by atoms with Gasteiger partial charge in [0.05, 0.1) is 10.9 Å². The maximum atomic E-state index is 12.2. The lowest BCUT2D eigenvalue weighted by Crippen LogP contribution is -2.39. The van der Waals surface area contributed by atoms with Crippen LogP contribution in [0.4, 0.5) is 0 Å². The highest BCUT2D eigenvalue weighted by molar-refractivity contribution is 7.16. The van der Waals surface area contributed by atoms with Gasteiger partial charge in [-0.25, -0.2) is 4.79 Å². The molecule has 19 heavy (non-hydrogen) atoms. The van der Waals surface area contributed by atoms with E-state index in [0.29, 0.717) is 30.4 Å². The fourth-order valence-electron chi connectivity index (χ4n) is 1.74. The zero-order valence-electron chi connectivity index (χ0n) is 10.2.